The topological polar surface area (TPSA) is 53.3 Å². The lowest BCUT2D eigenvalue weighted by atomic mass is 10.0. The van der Waals surface area contributed by atoms with Gasteiger partial charge in [-0.25, -0.2) is 0 Å². The molecule has 3 rings (SSSR count). The number of nitrogens with zero attached hydrogens (tertiary/aromatic N) is 2. The first-order valence-corrected chi connectivity index (χ1v) is 6.69. The molecule has 1 atom stereocenters. The van der Waals surface area contributed by atoms with Crippen molar-refractivity contribution in [1.29, 1.82) is 5.26 Å². The van der Waals surface area contributed by atoms with Crippen LogP contribution in [0.15, 0.2) is 48.5 Å². The van der Waals surface area contributed by atoms with Gasteiger partial charge >= 0.3 is 0 Å². The molecule has 104 valence electrons. The van der Waals surface area contributed by atoms with Crippen molar-refractivity contribution in [3.8, 4) is 11.8 Å². The summed E-state index contributed by atoms with van der Waals surface area (Å²) in [5, 5.41) is 9.08. The Hall–Kier alpha value is -2.80. The molecule has 1 unspecified atom stereocenters. The molecular formula is C17H14N2O2. The Morgan fingerprint density at radius 3 is 2.57 bits per heavy atom. The molecule has 21 heavy (non-hydrogen) atoms. The van der Waals surface area contributed by atoms with Crippen LogP contribution in [0.2, 0.25) is 0 Å². The Labute approximate surface area is 123 Å². The van der Waals surface area contributed by atoms with Crippen LogP contribution < -0.4 is 9.64 Å². The van der Waals surface area contributed by atoms with Crippen molar-refractivity contribution in [1.82, 2.24) is 0 Å². The Morgan fingerprint density at radius 2 is 1.90 bits per heavy atom. The number of benzene rings is 2. The van der Waals surface area contributed by atoms with Crippen molar-refractivity contribution in [2.24, 2.45) is 0 Å². The van der Waals surface area contributed by atoms with Gasteiger partial charge in [0.25, 0.3) is 5.91 Å². The maximum atomic E-state index is 12.6. The minimum absolute atomic E-state index is 0.0592. The molecule has 0 saturated carbocycles. The van der Waals surface area contributed by atoms with E-state index < -0.39 is 0 Å². The van der Waals surface area contributed by atoms with Crippen molar-refractivity contribution < 1.29 is 9.53 Å². The fourth-order valence-corrected chi connectivity index (χ4v) is 2.72. The van der Waals surface area contributed by atoms with Crippen LogP contribution in [0, 0.1) is 11.3 Å². The highest BCUT2D eigenvalue weighted by Gasteiger charge is 2.37. The van der Waals surface area contributed by atoms with Crippen LogP contribution in [-0.2, 0) is 0 Å². The smallest absolute Gasteiger partial charge is 0.259 e. The van der Waals surface area contributed by atoms with Gasteiger partial charge in [-0.2, -0.15) is 5.26 Å². The molecule has 1 aliphatic heterocycles. The number of carbonyl (C=O) groups excluding carboxylic acids is 1. The Bertz CT molecular complexity index is 716. The third kappa shape index (κ3) is 2.13. The van der Waals surface area contributed by atoms with Gasteiger partial charge in [0.15, 0.2) is 0 Å². The van der Waals surface area contributed by atoms with Crippen LogP contribution >= 0.6 is 0 Å². The van der Waals surface area contributed by atoms with Crippen molar-refractivity contribution in [3.63, 3.8) is 0 Å². The molecule has 2 aromatic rings. The highest BCUT2D eigenvalue weighted by atomic mass is 16.5. The van der Waals surface area contributed by atoms with Crippen LogP contribution in [0.4, 0.5) is 5.69 Å². The van der Waals surface area contributed by atoms with E-state index in [-0.39, 0.29) is 18.4 Å². The summed E-state index contributed by atoms with van der Waals surface area (Å²) in [6.07, 6.45) is 0.273. The molecule has 1 amide bonds. The molecule has 0 saturated heterocycles. The quantitative estimate of drug-likeness (QED) is 0.865. The molecule has 4 nitrogen and oxygen atoms in total. The maximum Gasteiger partial charge on any atom is 0.259 e. The Kier molecular flexibility index (Phi) is 3.33. The number of hydrogen-bond acceptors (Lipinski definition) is 3. The van der Waals surface area contributed by atoms with E-state index in [0.29, 0.717) is 5.56 Å². The third-order valence-electron chi connectivity index (χ3n) is 3.72. The van der Waals surface area contributed by atoms with Gasteiger partial charge in [0, 0.05) is 11.3 Å². The molecular weight excluding hydrogens is 264 g/mol. The minimum Gasteiger partial charge on any atom is -0.497 e. The normalized spacial score (nSPS) is 16.5. The molecule has 0 fully saturated rings. The van der Waals surface area contributed by atoms with E-state index in [4.69, 9.17) is 10.00 Å². The number of fused-ring (bicyclic) bond motifs is 1. The number of hydrogen-bond donors (Lipinski definition) is 0. The fourth-order valence-electron chi connectivity index (χ4n) is 2.72. The van der Waals surface area contributed by atoms with E-state index in [1.165, 1.54) is 0 Å². The average molecular weight is 278 g/mol. The van der Waals surface area contributed by atoms with Gasteiger partial charge in [-0.1, -0.05) is 18.2 Å². The zero-order chi connectivity index (χ0) is 14.8. The van der Waals surface area contributed by atoms with Gasteiger partial charge in [-0.15, -0.1) is 0 Å². The first-order valence-electron chi connectivity index (χ1n) is 6.69. The van der Waals surface area contributed by atoms with Gasteiger partial charge in [0.2, 0.25) is 0 Å². The van der Waals surface area contributed by atoms with Gasteiger partial charge in [-0.05, 0) is 35.9 Å². The van der Waals surface area contributed by atoms with E-state index in [2.05, 4.69) is 6.07 Å². The summed E-state index contributed by atoms with van der Waals surface area (Å²) >= 11 is 0. The molecule has 1 aliphatic rings. The highest BCUT2D eigenvalue weighted by molar-refractivity contribution is 6.11. The van der Waals surface area contributed by atoms with Crippen molar-refractivity contribution in [3.05, 3.63) is 59.7 Å². The van der Waals surface area contributed by atoms with Crippen LogP contribution in [0.1, 0.15) is 28.4 Å². The third-order valence-corrected chi connectivity index (χ3v) is 3.72. The second-order valence-corrected chi connectivity index (χ2v) is 4.84. The predicted molar refractivity (Wildman–Crippen MR) is 79.2 cm³/mol. The van der Waals surface area contributed by atoms with E-state index in [9.17, 15) is 4.79 Å². The van der Waals surface area contributed by atoms with Crippen LogP contribution in [0.5, 0.6) is 5.75 Å². The number of rotatable bonds is 3. The number of methoxy groups -OCH3 is 1. The first-order chi connectivity index (χ1) is 10.3. The standard InChI is InChI=1S/C17H14N2O2/c1-21-13-8-6-12(7-9-13)19-16(10-11-18)14-4-2-3-5-15(14)17(19)20/h2-9,16H,10H2,1H3. The average Bonchev–Trinajstić information content (AvgIpc) is 2.81. The van der Waals surface area contributed by atoms with Crippen LogP contribution in [0.3, 0.4) is 0 Å². The highest BCUT2D eigenvalue weighted by Crippen LogP contribution is 2.39. The molecule has 0 bridgehead atoms. The lowest BCUT2D eigenvalue weighted by Crippen LogP contribution is -2.27. The molecule has 2 aromatic carbocycles. The van der Waals surface area contributed by atoms with E-state index >= 15 is 0 Å². The molecule has 0 aliphatic carbocycles. The lowest BCUT2D eigenvalue weighted by molar-refractivity contribution is 0.0991. The number of amides is 1. The number of anilines is 1. The minimum atomic E-state index is -0.230. The zero-order valence-corrected chi connectivity index (χ0v) is 11.6. The summed E-state index contributed by atoms with van der Waals surface area (Å²) in [6.45, 7) is 0. The van der Waals surface area contributed by atoms with Crippen molar-refractivity contribution in [2.75, 3.05) is 12.0 Å². The number of carbonyl (C=O) groups is 1. The number of nitriles is 1. The summed E-state index contributed by atoms with van der Waals surface area (Å²) in [5.41, 5.74) is 2.37. The van der Waals surface area contributed by atoms with Crippen LogP contribution in [-0.4, -0.2) is 13.0 Å². The second-order valence-electron chi connectivity index (χ2n) is 4.84. The first kappa shape index (κ1) is 13.2. The molecule has 0 aromatic heterocycles. The molecule has 1 heterocycles. The molecule has 4 heteroatoms. The predicted octanol–water partition coefficient (Wildman–Crippen LogP) is 3.31. The summed E-state index contributed by atoms with van der Waals surface area (Å²) in [4.78, 5) is 14.3. The Morgan fingerprint density at radius 1 is 1.19 bits per heavy atom. The maximum absolute atomic E-state index is 12.6. The van der Waals surface area contributed by atoms with Crippen LogP contribution in [0.25, 0.3) is 0 Å². The fraction of sp³-hybridized carbons (Fsp3) is 0.176. The zero-order valence-electron chi connectivity index (χ0n) is 11.6. The summed E-state index contributed by atoms with van der Waals surface area (Å²) in [7, 11) is 1.60. The van der Waals surface area contributed by atoms with Gasteiger partial charge < -0.3 is 4.74 Å². The second kappa shape index (κ2) is 5.29. The summed E-state index contributed by atoms with van der Waals surface area (Å²) < 4.78 is 5.14. The molecule has 0 radical (unpaired) electrons. The largest absolute Gasteiger partial charge is 0.497 e. The van der Waals surface area contributed by atoms with Crippen molar-refractivity contribution in [2.45, 2.75) is 12.5 Å². The van der Waals surface area contributed by atoms with E-state index in [0.717, 1.165) is 17.0 Å². The monoisotopic (exact) mass is 278 g/mol. The van der Waals surface area contributed by atoms with Gasteiger partial charge in [-0.3, -0.25) is 9.69 Å². The molecule has 0 N–H and O–H groups in total. The van der Waals surface area contributed by atoms with E-state index in [1.54, 1.807) is 12.0 Å². The van der Waals surface area contributed by atoms with Gasteiger partial charge in [0.1, 0.15) is 5.75 Å². The SMILES string of the molecule is COc1ccc(N2C(=O)c3ccccc3C2CC#N)cc1. The van der Waals surface area contributed by atoms with Crippen molar-refractivity contribution >= 4 is 11.6 Å². The molecule has 0 spiro atoms. The summed E-state index contributed by atoms with van der Waals surface area (Å²) in [6, 6.07) is 16.7. The Balaban J connectivity index is 2.05. The number of ether oxygens (including phenoxy) is 1. The van der Waals surface area contributed by atoms with Gasteiger partial charge in [0.05, 0.1) is 25.6 Å². The van der Waals surface area contributed by atoms with E-state index in [1.807, 2.05) is 48.5 Å². The summed E-state index contributed by atoms with van der Waals surface area (Å²) in [5.74, 6) is 0.677. The lowest BCUT2D eigenvalue weighted by Gasteiger charge is -2.23.